The summed E-state index contributed by atoms with van der Waals surface area (Å²) in [5, 5.41) is 5.56. The van der Waals surface area contributed by atoms with Gasteiger partial charge in [0.1, 0.15) is 5.54 Å². The monoisotopic (exact) mass is 236 g/mol. The summed E-state index contributed by atoms with van der Waals surface area (Å²) in [4.78, 5) is 23.1. The van der Waals surface area contributed by atoms with E-state index in [1.165, 1.54) is 0 Å². The molecule has 1 aliphatic heterocycles. The highest BCUT2D eigenvalue weighted by Crippen LogP contribution is 2.40. The summed E-state index contributed by atoms with van der Waals surface area (Å²) in [6.07, 6.45) is 1.38. The molecule has 0 radical (unpaired) electrons. The maximum atomic E-state index is 11.8. The second-order valence-electron chi connectivity index (χ2n) is 4.12. The second kappa shape index (κ2) is 2.98. The van der Waals surface area contributed by atoms with Crippen LogP contribution in [0.1, 0.15) is 17.5 Å². The number of hydrogen-bond acceptors (Lipinski definition) is 2. The average Bonchev–Trinajstić information content (AvgIpc) is 2.71. The van der Waals surface area contributed by atoms with Gasteiger partial charge in [-0.05, 0) is 36.1 Å². The van der Waals surface area contributed by atoms with Crippen molar-refractivity contribution < 1.29 is 9.59 Å². The minimum Gasteiger partial charge on any atom is -0.319 e. The van der Waals surface area contributed by atoms with Crippen molar-refractivity contribution in [3.8, 4) is 0 Å². The predicted octanol–water partition coefficient (Wildman–Crippen LogP) is 1.32. The van der Waals surface area contributed by atoms with E-state index in [0.717, 1.165) is 17.5 Å². The van der Waals surface area contributed by atoms with E-state index in [0.29, 0.717) is 11.4 Å². The number of halogens is 1. The molecule has 2 aliphatic rings. The van der Waals surface area contributed by atoms with E-state index in [2.05, 4.69) is 10.6 Å². The molecule has 0 saturated carbocycles. The molecule has 1 saturated heterocycles. The van der Waals surface area contributed by atoms with Gasteiger partial charge >= 0.3 is 6.03 Å². The number of aryl methyl sites for hydroxylation is 1. The first-order valence-electron chi connectivity index (χ1n) is 5.04. The van der Waals surface area contributed by atoms with Gasteiger partial charge < -0.3 is 5.32 Å². The van der Waals surface area contributed by atoms with Gasteiger partial charge in [0.15, 0.2) is 0 Å². The third-order valence-corrected chi connectivity index (χ3v) is 3.48. The molecule has 2 N–H and O–H groups in total. The summed E-state index contributed by atoms with van der Waals surface area (Å²) < 4.78 is 0. The smallest absolute Gasteiger partial charge is 0.319 e. The molecule has 82 valence electrons. The molecule has 1 spiro atoms. The molecule has 5 heteroatoms. The van der Waals surface area contributed by atoms with Crippen molar-refractivity contribution in [3.05, 3.63) is 34.3 Å². The summed E-state index contributed by atoms with van der Waals surface area (Å²) in [5.41, 5.74) is 1.00. The normalized spacial score (nSPS) is 26.8. The van der Waals surface area contributed by atoms with Crippen LogP contribution in [0.5, 0.6) is 0 Å². The zero-order valence-electron chi connectivity index (χ0n) is 8.34. The summed E-state index contributed by atoms with van der Waals surface area (Å²) in [6, 6.07) is 5.03. The van der Waals surface area contributed by atoms with E-state index in [1.54, 1.807) is 12.1 Å². The maximum absolute atomic E-state index is 11.8. The van der Waals surface area contributed by atoms with Crippen LogP contribution in [0.3, 0.4) is 0 Å². The highest BCUT2D eigenvalue weighted by Gasteiger charge is 2.51. The van der Waals surface area contributed by atoms with Gasteiger partial charge in [-0.3, -0.25) is 10.1 Å². The van der Waals surface area contributed by atoms with Gasteiger partial charge in [0.05, 0.1) is 0 Å². The molecule has 1 heterocycles. The van der Waals surface area contributed by atoms with Crippen LogP contribution >= 0.6 is 11.6 Å². The number of amides is 3. The molecule has 1 aliphatic carbocycles. The van der Waals surface area contributed by atoms with E-state index >= 15 is 0 Å². The first-order valence-corrected chi connectivity index (χ1v) is 5.42. The Morgan fingerprint density at radius 2 is 2.12 bits per heavy atom. The highest BCUT2D eigenvalue weighted by atomic mass is 35.5. The van der Waals surface area contributed by atoms with Crippen molar-refractivity contribution in [2.45, 2.75) is 18.4 Å². The van der Waals surface area contributed by atoms with E-state index < -0.39 is 11.6 Å². The lowest BCUT2D eigenvalue weighted by atomic mass is 9.92. The Labute approximate surface area is 97.0 Å². The number of fused-ring (bicyclic) bond motifs is 2. The molecule has 4 nitrogen and oxygen atoms in total. The van der Waals surface area contributed by atoms with Crippen LogP contribution in [0.4, 0.5) is 4.79 Å². The molecule has 1 aromatic carbocycles. The Balaban J connectivity index is 2.18. The average molecular weight is 237 g/mol. The summed E-state index contributed by atoms with van der Waals surface area (Å²) >= 11 is 5.92. The zero-order chi connectivity index (χ0) is 11.3. The lowest BCUT2D eigenvalue weighted by Crippen LogP contribution is -2.41. The van der Waals surface area contributed by atoms with Crippen LogP contribution in [-0.2, 0) is 16.8 Å². The van der Waals surface area contributed by atoms with E-state index in [4.69, 9.17) is 11.6 Å². The van der Waals surface area contributed by atoms with Gasteiger partial charge in [-0.1, -0.05) is 17.7 Å². The summed E-state index contributed by atoms with van der Waals surface area (Å²) in [5.74, 6) is -0.279. The molecule has 16 heavy (non-hydrogen) atoms. The van der Waals surface area contributed by atoms with E-state index in [9.17, 15) is 9.59 Å². The topological polar surface area (TPSA) is 58.2 Å². The fourth-order valence-electron chi connectivity index (χ4n) is 2.48. The largest absolute Gasteiger partial charge is 0.322 e. The number of carbonyl (C=O) groups excluding carboxylic acids is 2. The fourth-order valence-corrected chi connectivity index (χ4v) is 2.65. The Hall–Kier alpha value is -1.55. The number of rotatable bonds is 0. The number of nitrogens with one attached hydrogen (secondary N) is 2. The molecule has 1 unspecified atom stereocenters. The molecular weight excluding hydrogens is 228 g/mol. The van der Waals surface area contributed by atoms with Crippen LogP contribution in [0, 0.1) is 0 Å². The number of hydrogen-bond donors (Lipinski definition) is 2. The first-order chi connectivity index (χ1) is 7.62. The number of carbonyl (C=O) groups is 2. The Bertz CT molecular complexity index is 515. The van der Waals surface area contributed by atoms with E-state index in [1.807, 2.05) is 6.07 Å². The van der Waals surface area contributed by atoms with Crippen molar-refractivity contribution >= 4 is 23.5 Å². The number of urea groups is 1. The molecule has 0 aromatic heterocycles. The quantitative estimate of drug-likeness (QED) is 0.668. The van der Waals surface area contributed by atoms with Crippen LogP contribution in [0.2, 0.25) is 5.02 Å². The van der Waals surface area contributed by atoms with Gasteiger partial charge in [-0.2, -0.15) is 0 Å². The number of imide groups is 1. The van der Waals surface area contributed by atoms with Crippen molar-refractivity contribution in [2.24, 2.45) is 0 Å². The van der Waals surface area contributed by atoms with Gasteiger partial charge in [0, 0.05) is 5.02 Å². The van der Waals surface area contributed by atoms with Crippen molar-refractivity contribution in [2.75, 3.05) is 0 Å². The van der Waals surface area contributed by atoms with Gasteiger partial charge in [0.25, 0.3) is 5.91 Å². The lowest BCUT2D eigenvalue weighted by Gasteiger charge is -2.21. The highest BCUT2D eigenvalue weighted by molar-refractivity contribution is 6.30. The maximum Gasteiger partial charge on any atom is 0.322 e. The molecule has 1 aromatic rings. The first kappa shape index (κ1) is 9.66. The molecule has 3 rings (SSSR count). The molecule has 1 atom stereocenters. The third kappa shape index (κ3) is 1.10. The van der Waals surface area contributed by atoms with Gasteiger partial charge in [-0.15, -0.1) is 0 Å². The fraction of sp³-hybridized carbons (Fsp3) is 0.273. The second-order valence-corrected chi connectivity index (χ2v) is 4.55. The SMILES string of the molecule is O=C1NC(=O)C2(CCc3ccc(Cl)cc32)N1. The lowest BCUT2D eigenvalue weighted by molar-refractivity contribution is -0.124. The van der Waals surface area contributed by atoms with Crippen molar-refractivity contribution in [1.82, 2.24) is 10.6 Å². The summed E-state index contributed by atoms with van der Waals surface area (Å²) in [6.45, 7) is 0. The standard InChI is InChI=1S/C11H9ClN2O2/c12-7-2-1-6-3-4-11(8(6)5-7)9(15)13-10(16)14-11/h1-2,5H,3-4H2,(H2,13,14,15,16). The van der Waals surface area contributed by atoms with Crippen molar-refractivity contribution in [1.29, 1.82) is 0 Å². The molecular formula is C11H9ClN2O2. The molecule has 1 fully saturated rings. The third-order valence-electron chi connectivity index (χ3n) is 3.24. The van der Waals surface area contributed by atoms with Gasteiger partial charge in [-0.25, -0.2) is 4.79 Å². The Morgan fingerprint density at radius 1 is 1.31 bits per heavy atom. The Kier molecular flexibility index (Phi) is 1.80. The summed E-state index contributed by atoms with van der Waals surface area (Å²) in [7, 11) is 0. The van der Waals surface area contributed by atoms with Crippen molar-refractivity contribution in [3.63, 3.8) is 0 Å². The van der Waals surface area contributed by atoms with Crippen LogP contribution in [-0.4, -0.2) is 11.9 Å². The number of benzene rings is 1. The predicted molar refractivity (Wildman–Crippen MR) is 58.1 cm³/mol. The zero-order valence-corrected chi connectivity index (χ0v) is 9.10. The van der Waals surface area contributed by atoms with Gasteiger partial charge in [0.2, 0.25) is 0 Å². The molecule has 0 bridgehead atoms. The van der Waals surface area contributed by atoms with Crippen LogP contribution in [0.15, 0.2) is 18.2 Å². The molecule has 3 amide bonds. The van der Waals surface area contributed by atoms with E-state index in [-0.39, 0.29) is 5.91 Å². The minimum atomic E-state index is -0.892. The van der Waals surface area contributed by atoms with Crippen LogP contribution < -0.4 is 10.6 Å². The Morgan fingerprint density at radius 3 is 2.81 bits per heavy atom. The minimum absolute atomic E-state index is 0.279. The van der Waals surface area contributed by atoms with Crippen LogP contribution in [0.25, 0.3) is 0 Å².